The zero-order valence-electron chi connectivity index (χ0n) is 9.48. The number of nitrogens with one attached hydrogen (secondary N) is 1. The van der Waals surface area contributed by atoms with E-state index in [4.69, 9.17) is 10.1 Å². The molecule has 0 radical (unpaired) electrons. The molecule has 0 heterocycles. The average molecular weight is 186 g/mol. The quantitative estimate of drug-likeness (QED) is 0.414. The summed E-state index contributed by atoms with van der Waals surface area (Å²) in [5.41, 5.74) is -0.0537. The van der Waals surface area contributed by atoms with E-state index in [-0.39, 0.29) is 5.41 Å². The molecular weight excluding hydrogens is 164 g/mol. The molecule has 0 bridgehead atoms. The van der Waals surface area contributed by atoms with Gasteiger partial charge in [-0.3, -0.25) is 5.41 Å². The fraction of sp³-hybridized carbons (Fsp3) is 0.900. The van der Waals surface area contributed by atoms with Gasteiger partial charge in [-0.05, 0) is 6.42 Å². The maximum absolute atomic E-state index is 7.87. The van der Waals surface area contributed by atoms with Crippen molar-refractivity contribution in [3.63, 3.8) is 0 Å². The molecule has 0 rings (SSSR count). The zero-order valence-corrected chi connectivity index (χ0v) is 9.48. The molecule has 0 aromatic heterocycles. The lowest BCUT2D eigenvalue weighted by Crippen LogP contribution is -2.36. The smallest absolute Gasteiger partial charge is 0.101 e. The van der Waals surface area contributed by atoms with E-state index in [1.807, 2.05) is 11.9 Å². The monoisotopic (exact) mass is 186 g/mol. The fourth-order valence-electron chi connectivity index (χ4n) is 1.13. The highest BCUT2D eigenvalue weighted by molar-refractivity contribution is 5.83. The van der Waals surface area contributed by atoms with Gasteiger partial charge in [0.15, 0.2) is 0 Å². The van der Waals surface area contributed by atoms with Crippen molar-refractivity contribution in [3.05, 3.63) is 0 Å². The Morgan fingerprint density at radius 3 is 2.31 bits per heavy atom. The van der Waals surface area contributed by atoms with Gasteiger partial charge in [-0.2, -0.15) is 0 Å². The van der Waals surface area contributed by atoms with E-state index >= 15 is 0 Å². The van der Waals surface area contributed by atoms with E-state index in [1.54, 1.807) is 7.11 Å². The lowest BCUT2D eigenvalue weighted by atomic mass is 9.94. The van der Waals surface area contributed by atoms with E-state index in [1.165, 1.54) is 0 Å². The molecule has 0 atom stereocenters. The molecule has 0 saturated heterocycles. The Labute approximate surface area is 81.6 Å². The molecule has 0 aromatic carbocycles. The van der Waals surface area contributed by atoms with Crippen LogP contribution >= 0.6 is 0 Å². The molecule has 78 valence electrons. The van der Waals surface area contributed by atoms with Crippen molar-refractivity contribution in [1.82, 2.24) is 4.90 Å². The fourth-order valence-corrected chi connectivity index (χ4v) is 1.13. The third kappa shape index (κ3) is 4.88. The highest BCUT2D eigenvalue weighted by Gasteiger charge is 2.20. The van der Waals surface area contributed by atoms with Crippen LogP contribution in [0.2, 0.25) is 0 Å². The summed E-state index contributed by atoms with van der Waals surface area (Å²) in [5.74, 6) is 0.684. The molecule has 0 aliphatic heterocycles. The van der Waals surface area contributed by atoms with Crippen LogP contribution in [0, 0.1) is 10.8 Å². The Morgan fingerprint density at radius 1 is 1.38 bits per heavy atom. The van der Waals surface area contributed by atoms with Crippen molar-refractivity contribution < 1.29 is 4.74 Å². The van der Waals surface area contributed by atoms with Gasteiger partial charge in [-0.15, -0.1) is 0 Å². The lowest BCUT2D eigenvalue weighted by molar-refractivity contribution is 0.187. The van der Waals surface area contributed by atoms with Crippen molar-refractivity contribution in [1.29, 1.82) is 5.41 Å². The number of rotatable bonds is 4. The zero-order chi connectivity index (χ0) is 10.5. The van der Waals surface area contributed by atoms with Crippen molar-refractivity contribution >= 4 is 5.84 Å². The van der Waals surface area contributed by atoms with Crippen LogP contribution in [-0.2, 0) is 4.74 Å². The topological polar surface area (TPSA) is 36.3 Å². The predicted molar refractivity (Wildman–Crippen MR) is 56.3 cm³/mol. The molecule has 3 nitrogen and oxygen atoms in total. The van der Waals surface area contributed by atoms with Gasteiger partial charge >= 0.3 is 0 Å². The maximum Gasteiger partial charge on any atom is 0.101 e. The Balaban J connectivity index is 3.84. The average Bonchev–Trinajstić information content (AvgIpc) is 2.01. The van der Waals surface area contributed by atoms with Crippen LogP contribution in [0.5, 0.6) is 0 Å². The van der Waals surface area contributed by atoms with Crippen LogP contribution in [0.3, 0.4) is 0 Å². The molecule has 0 spiro atoms. The molecule has 0 saturated carbocycles. The number of amidine groups is 1. The molecule has 0 aliphatic carbocycles. The summed E-state index contributed by atoms with van der Waals surface area (Å²) in [4.78, 5) is 1.99. The van der Waals surface area contributed by atoms with Gasteiger partial charge < -0.3 is 9.64 Å². The third-order valence-corrected chi connectivity index (χ3v) is 1.93. The van der Waals surface area contributed by atoms with Gasteiger partial charge in [0, 0.05) is 32.7 Å². The minimum atomic E-state index is -0.0537. The summed E-state index contributed by atoms with van der Waals surface area (Å²) in [6.45, 7) is 7.83. The maximum atomic E-state index is 7.87. The first-order valence-electron chi connectivity index (χ1n) is 4.68. The van der Waals surface area contributed by atoms with E-state index in [2.05, 4.69) is 20.8 Å². The number of ether oxygens (including phenoxy) is 1. The Morgan fingerprint density at radius 2 is 1.92 bits per heavy atom. The highest BCUT2D eigenvalue weighted by Crippen LogP contribution is 2.16. The van der Waals surface area contributed by atoms with Crippen LogP contribution in [0.4, 0.5) is 0 Å². The van der Waals surface area contributed by atoms with E-state index < -0.39 is 0 Å². The summed E-state index contributed by atoms with van der Waals surface area (Å²) >= 11 is 0. The Bertz CT molecular complexity index is 161. The van der Waals surface area contributed by atoms with Gasteiger partial charge in [0.25, 0.3) is 0 Å². The van der Waals surface area contributed by atoms with Crippen molar-refractivity contribution in [2.45, 2.75) is 27.2 Å². The summed E-state index contributed by atoms with van der Waals surface area (Å²) in [6, 6.07) is 0. The molecular formula is C10H22N2O. The first-order chi connectivity index (χ1) is 5.89. The van der Waals surface area contributed by atoms with Crippen LogP contribution in [0.15, 0.2) is 0 Å². The minimum absolute atomic E-state index is 0.0537. The Kier molecular flexibility index (Phi) is 4.99. The number of hydrogen-bond donors (Lipinski definition) is 1. The standard InChI is InChI=1S/C10H22N2O/c1-10(2,3)9(11)12(4)7-6-8-13-5/h11H,6-8H2,1-5H3. The second-order valence-electron chi connectivity index (χ2n) is 4.37. The summed E-state index contributed by atoms with van der Waals surface area (Å²) < 4.78 is 4.96. The molecule has 0 fully saturated rings. The second-order valence-corrected chi connectivity index (χ2v) is 4.37. The van der Waals surface area contributed by atoms with Gasteiger partial charge in [-0.1, -0.05) is 20.8 Å². The highest BCUT2D eigenvalue weighted by atomic mass is 16.5. The molecule has 0 unspecified atom stereocenters. The van der Waals surface area contributed by atoms with Crippen molar-refractivity contribution in [3.8, 4) is 0 Å². The number of nitrogens with zero attached hydrogens (tertiary/aromatic N) is 1. The molecule has 3 heteroatoms. The first kappa shape index (κ1) is 12.4. The second kappa shape index (κ2) is 5.22. The molecule has 0 amide bonds. The Hall–Kier alpha value is -0.570. The molecule has 13 heavy (non-hydrogen) atoms. The summed E-state index contributed by atoms with van der Waals surface area (Å²) in [7, 11) is 3.67. The summed E-state index contributed by atoms with van der Waals surface area (Å²) in [6.07, 6.45) is 0.978. The van der Waals surface area contributed by atoms with E-state index in [9.17, 15) is 0 Å². The van der Waals surface area contributed by atoms with Crippen LogP contribution in [-0.4, -0.2) is 38.0 Å². The van der Waals surface area contributed by atoms with Gasteiger partial charge in [-0.25, -0.2) is 0 Å². The van der Waals surface area contributed by atoms with Crippen LogP contribution in [0.25, 0.3) is 0 Å². The molecule has 1 N–H and O–H groups in total. The van der Waals surface area contributed by atoms with Crippen LogP contribution in [0.1, 0.15) is 27.2 Å². The van der Waals surface area contributed by atoms with E-state index in [0.29, 0.717) is 5.84 Å². The summed E-state index contributed by atoms with van der Waals surface area (Å²) in [5, 5.41) is 7.87. The normalized spacial score (nSPS) is 11.5. The number of methoxy groups -OCH3 is 1. The molecule has 0 aliphatic rings. The predicted octanol–water partition coefficient (Wildman–Crippen LogP) is 1.98. The van der Waals surface area contributed by atoms with Gasteiger partial charge in [0.1, 0.15) is 5.84 Å². The SMILES string of the molecule is COCCCN(C)C(=N)C(C)(C)C. The van der Waals surface area contributed by atoms with Crippen molar-refractivity contribution in [2.24, 2.45) is 5.41 Å². The first-order valence-corrected chi connectivity index (χ1v) is 4.68. The third-order valence-electron chi connectivity index (χ3n) is 1.93. The largest absolute Gasteiger partial charge is 0.385 e. The molecule has 0 aromatic rings. The minimum Gasteiger partial charge on any atom is -0.385 e. The van der Waals surface area contributed by atoms with Gasteiger partial charge in [0.05, 0.1) is 0 Å². The van der Waals surface area contributed by atoms with E-state index in [0.717, 1.165) is 19.6 Å². The van der Waals surface area contributed by atoms with Gasteiger partial charge in [0.2, 0.25) is 0 Å². The van der Waals surface area contributed by atoms with Crippen LogP contribution < -0.4 is 0 Å². The number of hydrogen-bond acceptors (Lipinski definition) is 2. The lowest BCUT2D eigenvalue weighted by Gasteiger charge is -2.29. The van der Waals surface area contributed by atoms with Crippen molar-refractivity contribution in [2.75, 3.05) is 27.3 Å².